The predicted molar refractivity (Wildman–Crippen MR) is 57.3 cm³/mol. The van der Waals surface area contributed by atoms with Crippen molar-refractivity contribution in [2.75, 3.05) is 13.7 Å². The summed E-state index contributed by atoms with van der Waals surface area (Å²) in [6, 6.07) is 5.75. The summed E-state index contributed by atoms with van der Waals surface area (Å²) in [6.07, 6.45) is 1.10. The number of nitrogens with one attached hydrogen (secondary N) is 1. The van der Waals surface area contributed by atoms with Crippen molar-refractivity contribution in [1.29, 1.82) is 0 Å². The van der Waals surface area contributed by atoms with Gasteiger partial charge in [-0.1, -0.05) is 6.07 Å². The zero-order chi connectivity index (χ0) is 9.26. The molecule has 0 spiro atoms. The number of aromatic hydroxyl groups is 1. The van der Waals surface area contributed by atoms with Crippen LogP contribution in [0.5, 0.6) is 11.5 Å². The molecule has 1 heterocycles. The largest absolute Gasteiger partial charge is 0.507 e. The number of hydrogen-bond acceptors (Lipinski definition) is 3. The molecule has 1 aromatic carbocycles. The minimum Gasteiger partial charge on any atom is -0.507 e. The van der Waals surface area contributed by atoms with Crippen molar-refractivity contribution in [3.8, 4) is 11.5 Å². The summed E-state index contributed by atoms with van der Waals surface area (Å²) in [5, 5.41) is 12.9. The van der Waals surface area contributed by atoms with Gasteiger partial charge in [0.15, 0.2) is 0 Å². The molecule has 0 aromatic heterocycles. The Kier molecular flexibility index (Phi) is 3.61. The molecule has 1 fully saturated rings. The van der Waals surface area contributed by atoms with Gasteiger partial charge >= 0.3 is 0 Å². The van der Waals surface area contributed by atoms with Gasteiger partial charge in [0.1, 0.15) is 11.5 Å². The molecule has 0 radical (unpaired) electrons. The fraction of sp³-hybridized carbons (Fsp3) is 0.400. The summed E-state index contributed by atoms with van der Waals surface area (Å²) >= 11 is 0. The first kappa shape index (κ1) is 11.1. The van der Waals surface area contributed by atoms with E-state index >= 15 is 0 Å². The number of ether oxygens (including phenoxy) is 1. The average molecular weight is 216 g/mol. The molecule has 2 N–H and O–H groups in total. The Morgan fingerprint density at radius 2 is 2.21 bits per heavy atom. The third kappa shape index (κ3) is 1.94. The molecule has 2 rings (SSSR count). The number of methoxy groups -OCH3 is 1. The summed E-state index contributed by atoms with van der Waals surface area (Å²) in [7, 11) is 1.59. The van der Waals surface area contributed by atoms with Gasteiger partial charge in [-0.15, -0.1) is 12.4 Å². The normalized spacial score (nSPS) is 19.4. The molecule has 0 bridgehead atoms. The lowest BCUT2D eigenvalue weighted by atomic mass is 9.97. The molecular weight excluding hydrogens is 202 g/mol. The third-order valence-electron chi connectivity index (χ3n) is 2.44. The van der Waals surface area contributed by atoms with Crippen LogP contribution >= 0.6 is 12.4 Å². The van der Waals surface area contributed by atoms with Crippen molar-refractivity contribution < 1.29 is 9.84 Å². The van der Waals surface area contributed by atoms with E-state index in [0.29, 0.717) is 17.5 Å². The molecule has 0 amide bonds. The minimum absolute atomic E-state index is 0. The van der Waals surface area contributed by atoms with Crippen LogP contribution < -0.4 is 10.1 Å². The van der Waals surface area contributed by atoms with E-state index in [0.717, 1.165) is 18.5 Å². The predicted octanol–water partition coefficient (Wildman–Crippen LogP) is 1.86. The fourth-order valence-corrected chi connectivity index (χ4v) is 1.50. The van der Waals surface area contributed by atoms with Gasteiger partial charge in [-0.2, -0.15) is 0 Å². The third-order valence-corrected chi connectivity index (χ3v) is 2.44. The zero-order valence-corrected chi connectivity index (χ0v) is 8.80. The minimum atomic E-state index is 0. The molecule has 4 heteroatoms. The highest BCUT2D eigenvalue weighted by molar-refractivity contribution is 5.85. The van der Waals surface area contributed by atoms with Crippen molar-refractivity contribution in [1.82, 2.24) is 5.32 Å². The van der Waals surface area contributed by atoms with Crippen LogP contribution in [0.15, 0.2) is 18.2 Å². The van der Waals surface area contributed by atoms with Crippen molar-refractivity contribution >= 4 is 12.4 Å². The second kappa shape index (κ2) is 4.53. The van der Waals surface area contributed by atoms with Crippen molar-refractivity contribution in [3.05, 3.63) is 23.8 Å². The van der Waals surface area contributed by atoms with Crippen LogP contribution in [0, 0.1) is 0 Å². The van der Waals surface area contributed by atoms with Crippen LogP contribution in [0.4, 0.5) is 0 Å². The molecule has 14 heavy (non-hydrogen) atoms. The molecule has 1 saturated heterocycles. The summed E-state index contributed by atoms with van der Waals surface area (Å²) in [6.45, 7) is 1.04. The van der Waals surface area contributed by atoms with Gasteiger partial charge in [0, 0.05) is 17.7 Å². The zero-order valence-electron chi connectivity index (χ0n) is 7.99. The molecule has 0 unspecified atom stereocenters. The number of halogens is 1. The molecule has 1 aromatic rings. The SMILES string of the molecule is COc1ccc([C@H]2CCN2)c(O)c1.Cl. The van der Waals surface area contributed by atoms with Crippen LogP contribution in [0.25, 0.3) is 0 Å². The Morgan fingerprint density at radius 1 is 1.50 bits per heavy atom. The maximum Gasteiger partial charge on any atom is 0.124 e. The van der Waals surface area contributed by atoms with Crippen LogP contribution in [-0.4, -0.2) is 18.8 Å². The Bertz CT molecular complexity index is 313. The maximum absolute atomic E-state index is 9.64. The molecule has 1 aliphatic rings. The Balaban J connectivity index is 0.000000980. The van der Waals surface area contributed by atoms with Crippen LogP contribution in [0.3, 0.4) is 0 Å². The van der Waals surface area contributed by atoms with Crippen molar-refractivity contribution in [3.63, 3.8) is 0 Å². The first-order valence-corrected chi connectivity index (χ1v) is 4.41. The van der Waals surface area contributed by atoms with Gasteiger partial charge in [-0.25, -0.2) is 0 Å². The second-order valence-electron chi connectivity index (χ2n) is 3.22. The summed E-state index contributed by atoms with van der Waals surface area (Å²) in [5.74, 6) is 1.01. The van der Waals surface area contributed by atoms with Crippen LogP contribution in [-0.2, 0) is 0 Å². The summed E-state index contributed by atoms with van der Waals surface area (Å²) < 4.78 is 5.00. The standard InChI is InChI=1S/C10H13NO2.ClH/c1-13-7-2-3-8(10(12)6-7)9-4-5-11-9;/h2-3,6,9,11-12H,4-5H2,1H3;1H/t9-;/m1./s1. The molecule has 1 atom stereocenters. The van der Waals surface area contributed by atoms with E-state index in [1.165, 1.54) is 0 Å². The quantitative estimate of drug-likeness (QED) is 0.792. The first-order valence-electron chi connectivity index (χ1n) is 4.41. The lowest BCUT2D eigenvalue weighted by Crippen LogP contribution is -2.34. The fourth-order valence-electron chi connectivity index (χ4n) is 1.50. The molecule has 78 valence electrons. The number of benzene rings is 1. The lowest BCUT2D eigenvalue weighted by Gasteiger charge is -2.28. The molecular formula is C10H14ClNO2. The monoisotopic (exact) mass is 215 g/mol. The lowest BCUT2D eigenvalue weighted by molar-refractivity contribution is 0.360. The number of rotatable bonds is 2. The van der Waals surface area contributed by atoms with Crippen LogP contribution in [0.2, 0.25) is 0 Å². The summed E-state index contributed by atoms with van der Waals surface area (Å²) in [4.78, 5) is 0. The summed E-state index contributed by atoms with van der Waals surface area (Å²) in [5.41, 5.74) is 0.965. The molecule has 3 nitrogen and oxygen atoms in total. The highest BCUT2D eigenvalue weighted by atomic mass is 35.5. The van der Waals surface area contributed by atoms with Gasteiger partial charge < -0.3 is 15.2 Å². The Labute approximate surface area is 89.5 Å². The highest BCUT2D eigenvalue weighted by Crippen LogP contribution is 2.32. The number of phenolic OH excluding ortho intramolecular Hbond substituents is 1. The smallest absolute Gasteiger partial charge is 0.124 e. The van der Waals surface area contributed by atoms with E-state index in [-0.39, 0.29) is 12.4 Å². The van der Waals surface area contributed by atoms with E-state index in [9.17, 15) is 5.11 Å². The van der Waals surface area contributed by atoms with Gasteiger partial charge in [-0.3, -0.25) is 0 Å². The van der Waals surface area contributed by atoms with E-state index in [4.69, 9.17) is 4.74 Å². The van der Waals surface area contributed by atoms with E-state index < -0.39 is 0 Å². The van der Waals surface area contributed by atoms with Gasteiger partial charge in [-0.05, 0) is 19.0 Å². The van der Waals surface area contributed by atoms with E-state index in [2.05, 4.69) is 5.32 Å². The van der Waals surface area contributed by atoms with Crippen molar-refractivity contribution in [2.45, 2.75) is 12.5 Å². The topological polar surface area (TPSA) is 41.5 Å². The Hall–Kier alpha value is -0.930. The molecule has 1 aliphatic heterocycles. The number of hydrogen-bond donors (Lipinski definition) is 2. The molecule has 0 saturated carbocycles. The highest BCUT2D eigenvalue weighted by Gasteiger charge is 2.21. The Morgan fingerprint density at radius 3 is 2.64 bits per heavy atom. The van der Waals surface area contributed by atoms with Crippen molar-refractivity contribution in [2.24, 2.45) is 0 Å². The average Bonchev–Trinajstić information content (AvgIpc) is 2.05. The van der Waals surface area contributed by atoms with Crippen LogP contribution in [0.1, 0.15) is 18.0 Å². The second-order valence-corrected chi connectivity index (χ2v) is 3.22. The van der Waals surface area contributed by atoms with E-state index in [1.54, 1.807) is 13.2 Å². The van der Waals surface area contributed by atoms with Gasteiger partial charge in [0.25, 0.3) is 0 Å². The maximum atomic E-state index is 9.64. The van der Waals surface area contributed by atoms with E-state index in [1.807, 2.05) is 12.1 Å². The van der Waals surface area contributed by atoms with Gasteiger partial charge in [0.2, 0.25) is 0 Å². The van der Waals surface area contributed by atoms with Gasteiger partial charge in [0.05, 0.1) is 7.11 Å². The molecule has 0 aliphatic carbocycles. The first-order chi connectivity index (χ1) is 6.31. The number of phenols is 1.